The monoisotopic (exact) mass is 856 g/mol. The van der Waals surface area contributed by atoms with Crippen LogP contribution in [0.3, 0.4) is 0 Å². The first-order chi connectivity index (χ1) is 20.7. The molecule has 0 aromatic heterocycles. The molecule has 0 aliphatic carbocycles. The molecule has 0 heterocycles. The lowest BCUT2D eigenvalue weighted by Gasteiger charge is -2.45. The predicted octanol–water partition coefficient (Wildman–Crippen LogP) is -3.51. The second-order valence-electron chi connectivity index (χ2n) is 11.2. The molecule has 0 aliphatic heterocycles. The fourth-order valence-corrected chi connectivity index (χ4v) is 13.4. The zero-order chi connectivity index (χ0) is 34.4. The highest BCUT2D eigenvalue weighted by Gasteiger charge is 2.50. The Morgan fingerprint density at radius 1 is 0.356 bits per heavy atom. The van der Waals surface area contributed by atoms with Gasteiger partial charge in [-0.1, -0.05) is 16.5 Å². The summed E-state index contributed by atoms with van der Waals surface area (Å²) in [4.78, 5) is 0. The van der Waals surface area contributed by atoms with E-state index in [0.29, 0.717) is 16.2 Å². The van der Waals surface area contributed by atoms with Crippen LogP contribution >= 0.6 is 129 Å². The highest BCUT2D eigenvalue weighted by Crippen LogP contribution is 2.46. The van der Waals surface area contributed by atoms with Crippen LogP contribution in [0, 0.1) is 25.5 Å². The topological polar surface area (TPSA) is 0 Å². The first-order valence-electron chi connectivity index (χ1n) is 13.4. The van der Waals surface area contributed by atoms with Crippen LogP contribution < -0.4 is 85.2 Å². The summed E-state index contributed by atoms with van der Waals surface area (Å²) in [6, 6.07) is 0. The van der Waals surface area contributed by atoms with Crippen molar-refractivity contribution in [1.82, 2.24) is 0 Å². The Labute approximate surface area is 301 Å². The van der Waals surface area contributed by atoms with E-state index in [1.54, 1.807) is 6.92 Å². The summed E-state index contributed by atoms with van der Waals surface area (Å²) in [5.41, 5.74) is 4.65. The third kappa shape index (κ3) is 6.26. The summed E-state index contributed by atoms with van der Waals surface area (Å²) in [5.74, 6) is -1.19. The van der Waals surface area contributed by atoms with Gasteiger partial charge in [-0.2, -0.15) is 0 Å². The van der Waals surface area contributed by atoms with Crippen molar-refractivity contribution in [3.05, 3.63) is 45.0 Å². The van der Waals surface area contributed by atoms with Crippen LogP contribution in [0.15, 0.2) is 0 Å². The smallest absolute Gasteiger partial charge is 0.140 e. The third-order valence-electron chi connectivity index (χ3n) is 9.09. The highest BCUT2D eigenvalue weighted by atomic mass is 31.0. The van der Waals surface area contributed by atoms with Crippen molar-refractivity contribution < 1.29 is 8.78 Å². The minimum absolute atomic E-state index is 0.0198. The fraction of sp³-hybridized carbons (Fsp3) is 0.111. The summed E-state index contributed by atoms with van der Waals surface area (Å²) in [6.07, 6.45) is 0. The van der Waals surface area contributed by atoms with Gasteiger partial charge >= 0.3 is 0 Å². The molecule has 18 heteroatoms. The standard InChI is InChI=1S/C27H38B2F2P14/c1-3-9(28)15(34)6(16(35)10(3)29)27(5-11(30)13(32)4(2)14(33)12(5)31,7-17(36)21(40)25(44)22(41)18(7)37)8-19(38)23(42)26(45)24(43)20(8)39/h28-29,32-45H2,1-2H3. The Kier molecular flexibility index (Phi) is 13.6. The summed E-state index contributed by atoms with van der Waals surface area (Å²) < 4.78 is 35.1. The largest absolute Gasteiger partial charge is 0.206 e. The number of benzene rings is 4. The maximum Gasteiger partial charge on any atom is 0.140 e. The van der Waals surface area contributed by atoms with E-state index in [-0.39, 0.29) is 5.56 Å². The number of hydrogen-bond acceptors (Lipinski definition) is 0. The molecule has 0 aliphatic rings. The van der Waals surface area contributed by atoms with Gasteiger partial charge in [-0.3, -0.25) is 0 Å². The molecular weight excluding hydrogens is 818 g/mol. The minimum Gasteiger partial charge on any atom is -0.206 e. The lowest BCUT2D eigenvalue weighted by Crippen LogP contribution is -2.59. The molecule has 0 fully saturated rings. The van der Waals surface area contributed by atoms with Gasteiger partial charge < -0.3 is 0 Å². The highest BCUT2D eigenvalue weighted by molar-refractivity contribution is 7.46. The quantitative estimate of drug-likeness (QED) is 0.114. The van der Waals surface area contributed by atoms with Crippen molar-refractivity contribution >= 4 is 230 Å². The average molecular weight is 856 g/mol. The van der Waals surface area contributed by atoms with E-state index in [1.807, 2.05) is 0 Å². The summed E-state index contributed by atoms with van der Waals surface area (Å²) in [5, 5.41) is 11.6. The molecule has 14 atom stereocenters. The molecule has 0 radical (unpaired) electrons. The normalized spacial score (nSPS) is 12.0. The van der Waals surface area contributed by atoms with E-state index >= 15 is 8.78 Å². The molecule has 0 amide bonds. The lowest BCUT2D eigenvalue weighted by molar-refractivity contribution is 0.537. The Hall–Kier alpha value is 2.89. The van der Waals surface area contributed by atoms with Gasteiger partial charge in [-0.25, -0.2) is 8.78 Å². The van der Waals surface area contributed by atoms with E-state index in [0.717, 1.165) is 96.8 Å². The van der Waals surface area contributed by atoms with Gasteiger partial charge in [0.1, 0.15) is 27.3 Å². The second-order valence-corrected chi connectivity index (χ2v) is 19.3. The van der Waals surface area contributed by atoms with Gasteiger partial charge in [0.15, 0.2) is 0 Å². The third-order valence-corrected chi connectivity index (χ3v) is 20.7. The molecule has 0 bridgehead atoms. The Bertz CT molecular complexity index is 1580. The first kappa shape index (κ1) is 40.7. The molecule has 236 valence electrons. The van der Waals surface area contributed by atoms with Crippen LogP contribution in [-0.4, -0.2) is 15.7 Å². The SMILES string of the molecule is Bc1c(C)c(B)c(P)c(C(c2c(F)c(P)c(C)c(P)c2F)(c2c(P)c(P)c(P)c(P)c2P)c2c(P)c(P)c(P)c(P)c2P)c1P. The molecule has 0 nitrogen and oxygen atoms in total. The molecule has 0 spiro atoms. The van der Waals surface area contributed by atoms with Gasteiger partial charge in [0.25, 0.3) is 0 Å². The van der Waals surface area contributed by atoms with E-state index < -0.39 is 17.0 Å². The van der Waals surface area contributed by atoms with Crippen LogP contribution in [-0.2, 0) is 5.41 Å². The summed E-state index contributed by atoms with van der Waals surface area (Å²) in [7, 11) is 43.9. The maximum atomic E-state index is 17.5. The average Bonchev–Trinajstić information content (AvgIpc) is 3.00. The number of halogens is 2. The molecule has 14 unspecified atom stereocenters. The van der Waals surface area contributed by atoms with Gasteiger partial charge in [-0.05, 0) is 99.8 Å². The van der Waals surface area contributed by atoms with Crippen molar-refractivity contribution in [2.45, 2.75) is 19.3 Å². The number of rotatable bonds is 4. The van der Waals surface area contributed by atoms with Crippen molar-refractivity contribution in [1.29, 1.82) is 0 Å². The van der Waals surface area contributed by atoms with Gasteiger partial charge in [-0.15, -0.1) is 129 Å². The maximum absolute atomic E-state index is 17.5. The fourth-order valence-electron chi connectivity index (χ4n) is 6.04. The van der Waals surface area contributed by atoms with E-state index in [4.69, 9.17) is 0 Å². The Morgan fingerprint density at radius 3 is 0.889 bits per heavy atom. The van der Waals surface area contributed by atoms with Crippen LogP contribution in [0.5, 0.6) is 0 Å². The van der Waals surface area contributed by atoms with Crippen molar-refractivity contribution in [3.8, 4) is 0 Å². The van der Waals surface area contributed by atoms with E-state index in [1.165, 1.54) is 0 Å². The van der Waals surface area contributed by atoms with Crippen LogP contribution in [0.4, 0.5) is 8.78 Å². The number of hydrogen-bond donors (Lipinski definition) is 0. The lowest BCUT2D eigenvalue weighted by atomic mass is 9.62. The molecular formula is C27H38B2F2P14. The molecule has 4 aromatic rings. The van der Waals surface area contributed by atoms with Crippen LogP contribution in [0.1, 0.15) is 33.4 Å². The van der Waals surface area contributed by atoms with E-state index in [2.05, 4.69) is 152 Å². The van der Waals surface area contributed by atoms with Crippen LogP contribution in [0.2, 0.25) is 0 Å². The van der Waals surface area contributed by atoms with Crippen molar-refractivity contribution in [2.75, 3.05) is 0 Å². The first-order valence-corrected chi connectivity index (χ1v) is 21.5. The Morgan fingerprint density at radius 2 is 0.600 bits per heavy atom. The Balaban J connectivity index is 2.69. The molecule has 45 heavy (non-hydrogen) atoms. The van der Waals surface area contributed by atoms with Crippen molar-refractivity contribution in [3.63, 3.8) is 0 Å². The second kappa shape index (κ2) is 15.1. The van der Waals surface area contributed by atoms with Gasteiger partial charge in [0.2, 0.25) is 0 Å². The van der Waals surface area contributed by atoms with Crippen LogP contribution in [0.25, 0.3) is 0 Å². The van der Waals surface area contributed by atoms with E-state index in [9.17, 15) is 0 Å². The molecule has 0 saturated carbocycles. The zero-order valence-electron chi connectivity index (χ0n) is 25.3. The minimum atomic E-state index is -1.48. The van der Waals surface area contributed by atoms with Gasteiger partial charge in [0.05, 0.1) is 5.41 Å². The summed E-state index contributed by atoms with van der Waals surface area (Å²) >= 11 is 0. The van der Waals surface area contributed by atoms with Gasteiger partial charge in [0, 0.05) is 16.2 Å². The molecule has 0 N–H and O–H groups in total. The van der Waals surface area contributed by atoms with Crippen molar-refractivity contribution in [2.24, 2.45) is 0 Å². The molecule has 4 aromatic carbocycles. The predicted molar refractivity (Wildman–Crippen MR) is 261 cm³/mol. The summed E-state index contributed by atoms with van der Waals surface area (Å²) in [6.45, 7) is 3.86. The molecule has 4 rings (SSSR count). The molecule has 0 saturated heterocycles. The zero-order valence-corrected chi connectivity index (χ0v) is 41.5.